The summed E-state index contributed by atoms with van der Waals surface area (Å²) < 4.78 is 71.3. The molecule has 0 radical (unpaired) electrons. The molecule has 0 aliphatic carbocycles. The standard InChI is InChI=1S/C15H10O2/c16-15(17)14-12-7-3-1-5-10(12)9-11-6-2-4-8-13(11)14/h1-9H,(H,16,17)/i1D,2D,3D,4D,5D,6D,7D,8D,9D. The highest BCUT2D eigenvalue weighted by Crippen LogP contribution is 2.28. The van der Waals surface area contributed by atoms with Gasteiger partial charge in [0.2, 0.25) is 0 Å². The Morgan fingerprint density at radius 3 is 1.88 bits per heavy atom. The minimum atomic E-state index is -1.62. The lowest BCUT2D eigenvalue weighted by molar-refractivity contribution is 0.0701. The van der Waals surface area contributed by atoms with Gasteiger partial charge < -0.3 is 5.11 Å². The Hall–Kier alpha value is -2.35. The first kappa shape index (κ1) is 4.15. The average molecular weight is 231 g/mol. The van der Waals surface area contributed by atoms with Crippen molar-refractivity contribution in [1.82, 2.24) is 0 Å². The lowest BCUT2D eigenvalue weighted by atomic mass is 9.97. The van der Waals surface area contributed by atoms with Crippen molar-refractivity contribution in [3.63, 3.8) is 0 Å². The predicted molar refractivity (Wildman–Crippen MR) is 68.4 cm³/mol. The summed E-state index contributed by atoms with van der Waals surface area (Å²) >= 11 is 0. The monoisotopic (exact) mass is 231 g/mol. The van der Waals surface area contributed by atoms with Gasteiger partial charge in [-0.1, -0.05) is 48.3 Å². The van der Waals surface area contributed by atoms with E-state index in [0.29, 0.717) is 0 Å². The van der Waals surface area contributed by atoms with Gasteiger partial charge in [0.25, 0.3) is 0 Å². The van der Waals surface area contributed by atoms with E-state index in [1.54, 1.807) is 0 Å². The molecule has 0 aliphatic rings. The highest BCUT2D eigenvalue weighted by atomic mass is 16.4. The van der Waals surface area contributed by atoms with Crippen LogP contribution < -0.4 is 0 Å². The maximum absolute atomic E-state index is 11.9. The maximum atomic E-state index is 11.9. The topological polar surface area (TPSA) is 37.3 Å². The zero-order valence-electron chi connectivity index (χ0n) is 17.4. The first-order valence-corrected chi connectivity index (χ1v) is 4.68. The van der Waals surface area contributed by atoms with Crippen LogP contribution in [-0.2, 0) is 0 Å². The number of carboxylic acid groups (broad SMARTS) is 1. The van der Waals surface area contributed by atoms with Crippen LogP contribution >= 0.6 is 0 Å². The summed E-state index contributed by atoms with van der Waals surface area (Å²) in [6, 6.07) is -5.90. The highest BCUT2D eigenvalue weighted by Gasteiger charge is 2.12. The summed E-state index contributed by atoms with van der Waals surface area (Å²) in [7, 11) is 0. The Morgan fingerprint density at radius 2 is 1.41 bits per heavy atom. The number of rotatable bonds is 1. The molecule has 1 N–H and O–H groups in total. The van der Waals surface area contributed by atoms with E-state index in [-0.39, 0.29) is 0 Å². The van der Waals surface area contributed by atoms with E-state index >= 15 is 0 Å². The van der Waals surface area contributed by atoms with E-state index in [1.165, 1.54) is 0 Å². The molecule has 0 heterocycles. The van der Waals surface area contributed by atoms with Crippen LogP contribution in [0.3, 0.4) is 0 Å². The SMILES string of the molecule is [2H]c1c([2H])c([2H])c2c(C(=O)O)c3c([2H])c([2H])c([2H])c([2H])c3c([2H])c2c1[2H]. The molecule has 2 heteroatoms. The van der Waals surface area contributed by atoms with Gasteiger partial charge in [-0.15, -0.1) is 0 Å². The summed E-state index contributed by atoms with van der Waals surface area (Å²) in [6.45, 7) is 0. The molecule has 0 aliphatic heterocycles. The van der Waals surface area contributed by atoms with Crippen molar-refractivity contribution >= 4 is 27.5 Å². The van der Waals surface area contributed by atoms with E-state index in [9.17, 15) is 9.90 Å². The Morgan fingerprint density at radius 1 is 0.941 bits per heavy atom. The van der Waals surface area contributed by atoms with Crippen LogP contribution in [0.4, 0.5) is 0 Å². The van der Waals surface area contributed by atoms with E-state index in [4.69, 9.17) is 12.3 Å². The van der Waals surface area contributed by atoms with Crippen molar-refractivity contribution in [3.8, 4) is 0 Å². The van der Waals surface area contributed by atoms with E-state index in [1.807, 2.05) is 0 Å². The zero-order chi connectivity index (χ0) is 19.7. The maximum Gasteiger partial charge on any atom is 0.336 e. The number of carboxylic acids is 1. The molecular formula is C15H10O2. The molecule has 0 aromatic heterocycles. The second kappa shape index (κ2) is 3.59. The molecule has 0 bridgehead atoms. The number of fused-ring (bicyclic) bond motifs is 2. The van der Waals surface area contributed by atoms with Crippen molar-refractivity contribution in [1.29, 1.82) is 0 Å². The van der Waals surface area contributed by atoms with Crippen LogP contribution in [0.25, 0.3) is 21.5 Å². The first-order chi connectivity index (χ1) is 12.0. The van der Waals surface area contributed by atoms with Gasteiger partial charge >= 0.3 is 5.97 Å². The normalized spacial score (nSPS) is 18.2. The highest BCUT2D eigenvalue weighted by molar-refractivity contribution is 6.15. The molecule has 2 nitrogen and oxygen atoms in total. The van der Waals surface area contributed by atoms with Crippen molar-refractivity contribution in [2.45, 2.75) is 0 Å². The Labute approximate surface area is 111 Å². The Balaban J connectivity index is 2.90. The van der Waals surface area contributed by atoms with Gasteiger partial charge in [-0.25, -0.2) is 4.79 Å². The molecule has 0 saturated carbocycles. The summed E-state index contributed by atoms with van der Waals surface area (Å²) in [4.78, 5) is 11.9. The zero-order valence-corrected chi connectivity index (χ0v) is 8.36. The molecule has 3 aromatic rings. The molecule has 0 saturated heterocycles. The van der Waals surface area contributed by atoms with Gasteiger partial charge in [-0.3, -0.25) is 0 Å². The number of carbonyl (C=O) groups is 1. The predicted octanol–water partition coefficient (Wildman–Crippen LogP) is 3.69. The lowest BCUT2D eigenvalue weighted by Gasteiger charge is -2.07. The smallest absolute Gasteiger partial charge is 0.336 e. The van der Waals surface area contributed by atoms with Crippen LogP contribution in [0.2, 0.25) is 0 Å². The van der Waals surface area contributed by atoms with Gasteiger partial charge in [-0.2, -0.15) is 0 Å². The number of hydrogen-bond acceptors (Lipinski definition) is 1. The summed E-state index contributed by atoms with van der Waals surface area (Å²) in [5.41, 5.74) is -0.676. The summed E-state index contributed by atoms with van der Waals surface area (Å²) in [5.74, 6) is -1.62. The third-order valence-electron chi connectivity index (χ3n) is 2.34. The fraction of sp³-hybridized carbons (Fsp3) is 0. The fourth-order valence-electron chi connectivity index (χ4n) is 1.65. The molecule has 3 rings (SSSR count). The minimum absolute atomic E-state index is 0.397. The van der Waals surface area contributed by atoms with E-state index < -0.39 is 87.5 Å². The second-order valence-electron chi connectivity index (χ2n) is 3.31. The van der Waals surface area contributed by atoms with Gasteiger partial charge in [0.05, 0.1) is 17.9 Å². The number of hydrogen-bond donors (Lipinski definition) is 1. The molecule has 0 atom stereocenters. The molecule has 0 fully saturated rings. The van der Waals surface area contributed by atoms with Crippen LogP contribution in [0.5, 0.6) is 0 Å². The van der Waals surface area contributed by atoms with Gasteiger partial charge in [0.1, 0.15) is 0 Å². The Kier molecular flexibility index (Phi) is 0.877. The first-order valence-electron chi connectivity index (χ1n) is 9.18. The molecule has 82 valence electrons. The van der Waals surface area contributed by atoms with Crippen LogP contribution in [0.15, 0.2) is 54.4 Å². The molecule has 0 amide bonds. The van der Waals surface area contributed by atoms with Crippen molar-refractivity contribution < 1.29 is 22.2 Å². The lowest BCUT2D eigenvalue weighted by Crippen LogP contribution is -1.99. The molecule has 0 unspecified atom stereocenters. The third kappa shape index (κ3) is 1.46. The largest absolute Gasteiger partial charge is 0.478 e. The number of aromatic carboxylic acids is 1. The average Bonchev–Trinajstić information content (AvgIpc) is 2.59. The Bertz CT molecular complexity index is 1070. The van der Waals surface area contributed by atoms with Gasteiger partial charge in [-0.05, 0) is 27.6 Å². The van der Waals surface area contributed by atoms with Crippen molar-refractivity contribution in [2.24, 2.45) is 0 Å². The third-order valence-corrected chi connectivity index (χ3v) is 2.34. The minimum Gasteiger partial charge on any atom is -0.478 e. The quantitative estimate of drug-likeness (QED) is 0.648. The van der Waals surface area contributed by atoms with Crippen molar-refractivity contribution in [2.75, 3.05) is 0 Å². The molecule has 3 aromatic carbocycles. The second-order valence-corrected chi connectivity index (χ2v) is 3.31. The van der Waals surface area contributed by atoms with Crippen LogP contribution in [0.1, 0.15) is 22.7 Å². The molecule has 0 spiro atoms. The van der Waals surface area contributed by atoms with Crippen LogP contribution in [0, 0.1) is 0 Å². The number of benzene rings is 3. The fourth-order valence-corrected chi connectivity index (χ4v) is 1.65. The molecule has 17 heavy (non-hydrogen) atoms. The van der Waals surface area contributed by atoms with Gasteiger partial charge in [0.15, 0.2) is 0 Å². The summed E-state index contributed by atoms with van der Waals surface area (Å²) in [5, 5.41) is 7.96. The van der Waals surface area contributed by atoms with E-state index in [0.717, 1.165) is 0 Å². The van der Waals surface area contributed by atoms with E-state index in [2.05, 4.69) is 0 Å². The summed E-state index contributed by atoms with van der Waals surface area (Å²) in [6.07, 6.45) is 0. The van der Waals surface area contributed by atoms with Crippen molar-refractivity contribution in [3.05, 3.63) is 59.9 Å². The molecular weight excluding hydrogens is 212 g/mol. The van der Waals surface area contributed by atoms with Gasteiger partial charge in [0, 0.05) is 0 Å². The van der Waals surface area contributed by atoms with Crippen LogP contribution in [-0.4, -0.2) is 11.1 Å².